The molecule has 3 aromatic rings. The number of amides is 1. The Balaban J connectivity index is 1.63. The molecule has 2 aliphatic heterocycles. The van der Waals surface area contributed by atoms with Crippen LogP contribution in [0, 0.1) is 6.92 Å². The van der Waals surface area contributed by atoms with Crippen LogP contribution < -0.4 is 15.7 Å². The number of ether oxygens (including phenoxy) is 10. The highest BCUT2D eigenvalue weighted by Crippen LogP contribution is 2.36. The molecule has 0 saturated carbocycles. The maximum absolute atomic E-state index is 13.4. The molecule has 2 fully saturated rings. The summed E-state index contributed by atoms with van der Waals surface area (Å²) in [6, 6.07) is 11.6. The van der Waals surface area contributed by atoms with Crippen LogP contribution >= 0.6 is 34.8 Å². The fraction of sp³-hybridized carbons (Fsp3) is 0.500. The summed E-state index contributed by atoms with van der Waals surface area (Å²) in [5.41, 5.74) is 10.8. The van der Waals surface area contributed by atoms with Crippen LogP contribution in [0.25, 0.3) is 21.4 Å². The third kappa shape index (κ3) is 14.1. The summed E-state index contributed by atoms with van der Waals surface area (Å²) in [6.45, 7) is 3.96. The van der Waals surface area contributed by atoms with Gasteiger partial charge in [-0.3, -0.25) is 19.2 Å². The predicted molar refractivity (Wildman–Crippen MR) is 221 cm³/mol. The molecule has 0 spiro atoms. The van der Waals surface area contributed by atoms with E-state index in [1.807, 2.05) is 0 Å². The van der Waals surface area contributed by atoms with Gasteiger partial charge in [0.25, 0.3) is 0 Å². The number of carbonyl (C=O) groups is 5. The molecule has 0 bridgehead atoms. The Labute approximate surface area is 379 Å². The van der Waals surface area contributed by atoms with Gasteiger partial charge in [-0.2, -0.15) is 0 Å². The Morgan fingerprint density at radius 2 is 1.42 bits per heavy atom. The highest BCUT2D eigenvalue weighted by atomic mass is 35.6. The van der Waals surface area contributed by atoms with Crippen LogP contribution in [0.1, 0.15) is 38.8 Å². The van der Waals surface area contributed by atoms with Gasteiger partial charge in [0.05, 0.1) is 6.61 Å². The van der Waals surface area contributed by atoms with Crippen molar-refractivity contribution >= 4 is 75.7 Å². The van der Waals surface area contributed by atoms with Gasteiger partial charge in [-0.25, -0.2) is 9.59 Å². The number of nitrogens with zero attached hydrogens (tertiary/aromatic N) is 3. The van der Waals surface area contributed by atoms with E-state index in [-0.39, 0.29) is 17.9 Å². The molecule has 2 aliphatic rings. The van der Waals surface area contributed by atoms with Gasteiger partial charge in [0, 0.05) is 50.1 Å². The molecule has 2 aromatic carbocycles. The van der Waals surface area contributed by atoms with Gasteiger partial charge in [-0.15, -0.1) is 0 Å². The molecule has 3 heterocycles. The number of nitrogens with one attached hydrogen (secondary N) is 1. The zero-order valence-electron chi connectivity index (χ0n) is 34.7. The molecular weight excluding hydrogens is 915 g/mol. The van der Waals surface area contributed by atoms with Crippen molar-refractivity contribution in [2.75, 3.05) is 19.8 Å². The van der Waals surface area contributed by atoms with Crippen molar-refractivity contribution < 1.29 is 75.8 Å². The number of benzene rings is 2. The van der Waals surface area contributed by atoms with E-state index in [1.54, 1.807) is 49.4 Å². The van der Waals surface area contributed by atoms with Gasteiger partial charge in [0.1, 0.15) is 67.7 Å². The van der Waals surface area contributed by atoms with Crippen LogP contribution in [0.15, 0.2) is 68.9 Å². The second-order valence-electron chi connectivity index (χ2n) is 14.3. The smallest absolute Gasteiger partial charge is 0.407 e. The lowest BCUT2D eigenvalue weighted by Gasteiger charge is -2.49. The lowest BCUT2D eigenvalue weighted by molar-refractivity contribution is -0.329. The first-order chi connectivity index (χ1) is 30.3. The summed E-state index contributed by atoms with van der Waals surface area (Å²) in [6.07, 6.45) is -13.7. The van der Waals surface area contributed by atoms with Gasteiger partial charge in [0.15, 0.2) is 18.5 Å². The fourth-order valence-electron chi connectivity index (χ4n) is 6.79. The number of azide groups is 1. The number of esters is 4. The third-order valence-electron chi connectivity index (χ3n) is 9.35. The van der Waals surface area contributed by atoms with E-state index in [0.29, 0.717) is 16.5 Å². The third-order valence-corrected chi connectivity index (χ3v) is 9.68. The molecule has 2 saturated heterocycles. The van der Waals surface area contributed by atoms with Crippen LogP contribution in [-0.2, 0) is 68.4 Å². The second-order valence-corrected chi connectivity index (χ2v) is 16.8. The Morgan fingerprint density at radius 1 is 0.797 bits per heavy atom. The van der Waals surface area contributed by atoms with E-state index >= 15 is 0 Å². The van der Waals surface area contributed by atoms with Gasteiger partial charge < -0.3 is 57.1 Å². The summed E-state index contributed by atoms with van der Waals surface area (Å²) in [5.74, 6) is -3.24. The summed E-state index contributed by atoms with van der Waals surface area (Å²) in [4.78, 5) is 78.1. The van der Waals surface area contributed by atoms with E-state index in [2.05, 4.69) is 15.3 Å². The van der Waals surface area contributed by atoms with Crippen LogP contribution in [0.3, 0.4) is 0 Å². The Morgan fingerprint density at radius 3 is 2.03 bits per heavy atom. The van der Waals surface area contributed by atoms with Gasteiger partial charge in [-0.05, 0) is 35.7 Å². The van der Waals surface area contributed by atoms with Gasteiger partial charge in [-0.1, -0.05) is 70.2 Å². The van der Waals surface area contributed by atoms with E-state index in [9.17, 15) is 34.3 Å². The molecular formula is C40H43Cl3N4O17. The van der Waals surface area contributed by atoms with Crippen molar-refractivity contribution in [3.63, 3.8) is 0 Å². The lowest BCUT2D eigenvalue weighted by Crippen LogP contribution is -2.69. The van der Waals surface area contributed by atoms with E-state index in [4.69, 9.17) is 86.6 Å². The Hall–Kier alpha value is -5.38. The molecule has 0 aliphatic carbocycles. The van der Waals surface area contributed by atoms with Crippen molar-refractivity contribution in [2.45, 2.75) is 106 Å². The number of fused-ring (bicyclic) bond motifs is 1. The standard InChI is InChI=1S/C40H43Cl3N4O17/c1-19-13-30(52)61-27-14-25(11-12-26(19)27)60-38-32(46-47-44)35(56-15-24-9-7-6-8-10-24)33(28(63-38)16-54-20(2)48)64-37-31(45-39(53)57-18-40(41,42)43)36(59-23(5)51)34(58-22(4)50)29(62-37)17-55-21(3)49/h6-14,28-29,31-38H,15-18H2,1-5H3,(H,45,53)/t28-,29-,31-,32-,33-,34-,35-,36-,37+,38-/m1/s1. The van der Waals surface area contributed by atoms with Crippen molar-refractivity contribution in [2.24, 2.45) is 5.11 Å². The molecule has 10 atom stereocenters. The van der Waals surface area contributed by atoms with E-state index in [1.165, 1.54) is 12.1 Å². The SMILES string of the molecule is CC(=O)OC[C@H]1O[C@@H](Oc2ccc3c(C)cc(=O)oc3c2)[C@H](N=[N+]=[N-])[C@@H](OCc2ccccc2)[C@@H]1O[C@@H]1O[C@H](COC(C)=O)[C@@H](OC(C)=O)[C@H](OC(C)=O)[C@H]1NC(=O)OCC(Cl)(Cl)Cl. The summed E-state index contributed by atoms with van der Waals surface area (Å²) >= 11 is 17.4. The minimum atomic E-state index is -2.07. The first kappa shape index (κ1) is 49.6. The number of alkyl carbamates (subject to hydrolysis) is 1. The van der Waals surface area contributed by atoms with E-state index in [0.717, 1.165) is 27.7 Å². The summed E-state index contributed by atoms with van der Waals surface area (Å²) in [5, 5.41) is 7.04. The highest BCUT2D eigenvalue weighted by Gasteiger charge is 2.56. The number of carbonyl (C=O) groups excluding carboxylic acids is 5. The average molecular weight is 958 g/mol. The lowest BCUT2D eigenvalue weighted by atomic mass is 9.94. The number of alkyl halides is 3. The Kier molecular flexibility index (Phi) is 17.4. The van der Waals surface area contributed by atoms with Crippen LogP contribution in [0.5, 0.6) is 5.75 Å². The van der Waals surface area contributed by atoms with Crippen molar-refractivity contribution in [3.8, 4) is 5.75 Å². The van der Waals surface area contributed by atoms with Crippen molar-refractivity contribution in [3.05, 3.63) is 86.6 Å². The first-order valence-corrected chi connectivity index (χ1v) is 20.4. The van der Waals surface area contributed by atoms with Crippen LogP contribution in [-0.4, -0.2) is 115 Å². The fourth-order valence-corrected chi connectivity index (χ4v) is 6.96. The zero-order chi connectivity index (χ0) is 46.7. The second kappa shape index (κ2) is 22.5. The van der Waals surface area contributed by atoms with Crippen LogP contribution in [0.2, 0.25) is 0 Å². The van der Waals surface area contributed by atoms with Gasteiger partial charge >= 0.3 is 35.6 Å². The number of hydrogen-bond acceptors (Lipinski definition) is 18. The molecule has 0 unspecified atom stereocenters. The molecule has 24 heteroatoms. The number of halogens is 3. The predicted octanol–water partition coefficient (Wildman–Crippen LogP) is 5.03. The Bertz CT molecular complexity index is 2260. The number of rotatable bonds is 16. The van der Waals surface area contributed by atoms with Gasteiger partial charge in [0.2, 0.25) is 10.1 Å². The monoisotopic (exact) mass is 956 g/mol. The number of aryl methyl sites for hydroxylation is 1. The summed E-state index contributed by atoms with van der Waals surface area (Å²) < 4.78 is 62.2. The zero-order valence-corrected chi connectivity index (χ0v) is 37.0. The van der Waals surface area contributed by atoms with Crippen LogP contribution in [0.4, 0.5) is 4.79 Å². The largest absolute Gasteiger partial charge is 0.464 e. The number of hydrogen-bond donors (Lipinski definition) is 1. The van der Waals surface area contributed by atoms with Crippen molar-refractivity contribution in [1.29, 1.82) is 0 Å². The molecule has 21 nitrogen and oxygen atoms in total. The maximum Gasteiger partial charge on any atom is 0.407 e. The molecule has 64 heavy (non-hydrogen) atoms. The minimum absolute atomic E-state index is 0.0964. The summed E-state index contributed by atoms with van der Waals surface area (Å²) in [7, 11) is 0. The minimum Gasteiger partial charge on any atom is -0.464 e. The highest BCUT2D eigenvalue weighted by molar-refractivity contribution is 6.67. The molecule has 1 aromatic heterocycles. The normalized spacial score (nSPS) is 25.5. The maximum atomic E-state index is 13.4. The van der Waals surface area contributed by atoms with E-state index < -0.39 is 120 Å². The average Bonchev–Trinajstić information content (AvgIpc) is 3.21. The topological polar surface area (TPSA) is 269 Å². The quantitative estimate of drug-likeness (QED) is 0.0375. The first-order valence-electron chi connectivity index (χ1n) is 19.3. The molecule has 5 rings (SSSR count). The molecule has 346 valence electrons. The molecule has 1 amide bonds. The van der Waals surface area contributed by atoms with Crippen molar-refractivity contribution in [1.82, 2.24) is 5.32 Å². The molecule has 1 N–H and O–H groups in total. The molecule has 0 radical (unpaired) electrons.